The zero-order chi connectivity index (χ0) is 27.8. The van der Waals surface area contributed by atoms with E-state index in [2.05, 4.69) is 146 Å². The fraction of sp³-hybridized carbons (Fsp3) is 0.0526. The van der Waals surface area contributed by atoms with Gasteiger partial charge in [0.05, 0.1) is 0 Å². The molecule has 0 saturated carbocycles. The van der Waals surface area contributed by atoms with Crippen LogP contribution in [-0.4, -0.2) is 22.8 Å². The third kappa shape index (κ3) is 4.18. The van der Waals surface area contributed by atoms with Gasteiger partial charge in [0.1, 0.15) is 0 Å². The smallest absolute Gasteiger partial charge is 0.391 e. The summed E-state index contributed by atoms with van der Waals surface area (Å²) in [4.78, 5) is 0. The fourth-order valence-electron chi connectivity index (χ4n) is 6.34. The summed E-state index contributed by atoms with van der Waals surface area (Å²) in [5, 5.41) is 7.09. The van der Waals surface area contributed by atoms with Crippen LogP contribution in [0.1, 0.15) is 22.3 Å². The first kappa shape index (κ1) is 25.4. The first-order chi connectivity index (χ1) is 20.2. The molecule has 0 spiro atoms. The average Bonchev–Trinajstić information content (AvgIpc) is 3.36. The fourth-order valence-corrected chi connectivity index (χ4v) is 9.84. The normalized spacial score (nSPS) is 14.8. The minimum Gasteiger partial charge on any atom is -0.391 e. The molecule has 6 aromatic rings. The Kier molecular flexibility index (Phi) is 6.48. The third-order valence-corrected chi connectivity index (χ3v) is 11.7. The molecular weight excluding hydrogens is 517 g/mol. The molecule has 1 aliphatic rings. The Morgan fingerprint density at radius 3 is 1.12 bits per heavy atom. The summed E-state index contributed by atoms with van der Waals surface area (Å²) < 4.78 is 13.4. The summed E-state index contributed by atoms with van der Waals surface area (Å²) in [6, 6.07) is 51.9. The van der Waals surface area contributed by atoms with Crippen LogP contribution in [0.4, 0.5) is 0 Å². The van der Waals surface area contributed by atoms with E-state index in [0.717, 1.165) is 32.6 Å². The van der Waals surface area contributed by atoms with Crippen molar-refractivity contribution >= 4 is 51.6 Å². The lowest BCUT2D eigenvalue weighted by atomic mass is 9.89. The Morgan fingerprint density at radius 1 is 0.366 bits per heavy atom. The molecule has 0 aliphatic carbocycles. The lowest BCUT2D eigenvalue weighted by molar-refractivity contribution is 0.276. The monoisotopic (exact) mass is 546 g/mol. The molecule has 41 heavy (non-hydrogen) atoms. The number of rotatable bonds is 6. The molecule has 1 heterocycles. The molecule has 0 amide bonds. The Hall–Kier alpha value is -4.54. The van der Waals surface area contributed by atoms with E-state index in [1.54, 1.807) is 0 Å². The van der Waals surface area contributed by atoms with Crippen LogP contribution in [0.2, 0.25) is 0 Å². The van der Waals surface area contributed by atoms with E-state index in [4.69, 9.17) is 8.85 Å². The zero-order valence-electron chi connectivity index (χ0n) is 23.2. The summed E-state index contributed by atoms with van der Waals surface area (Å²) in [6.45, 7) is 0. The van der Waals surface area contributed by atoms with Crippen LogP contribution in [0.5, 0.6) is 0 Å². The molecule has 0 saturated heterocycles. The van der Waals surface area contributed by atoms with Gasteiger partial charge in [-0.05, 0) is 67.1 Å². The summed E-state index contributed by atoms with van der Waals surface area (Å²) in [6.07, 6.45) is 0. The average molecular weight is 547 g/mol. The number of hydrogen-bond donors (Lipinski definition) is 0. The van der Waals surface area contributed by atoms with Gasteiger partial charge >= 0.3 is 8.56 Å². The lowest BCUT2D eigenvalue weighted by Gasteiger charge is -2.30. The van der Waals surface area contributed by atoms with E-state index >= 15 is 0 Å². The maximum atomic E-state index is 6.71. The second-order valence-corrected chi connectivity index (χ2v) is 13.4. The predicted octanol–water partition coefficient (Wildman–Crippen LogP) is 9.34. The molecule has 6 aromatic carbocycles. The van der Waals surface area contributed by atoms with Gasteiger partial charge in [0, 0.05) is 24.6 Å². The van der Waals surface area contributed by atoms with E-state index in [9.17, 15) is 0 Å². The summed E-state index contributed by atoms with van der Waals surface area (Å²) in [7, 11) is 0.400. The largest absolute Gasteiger partial charge is 0.409 e. The van der Waals surface area contributed by atoms with Crippen LogP contribution in [0, 0.1) is 0 Å². The maximum Gasteiger partial charge on any atom is 0.409 e. The van der Waals surface area contributed by atoms with Crippen molar-refractivity contribution in [1.29, 1.82) is 0 Å². The van der Waals surface area contributed by atoms with Crippen LogP contribution in [0.15, 0.2) is 146 Å². The quantitative estimate of drug-likeness (QED) is 0.194. The van der Waals surface area contributed by atoms with Crippen LogP contribution in [0.3, 0.4) is 0 Å². The van der Waals surface area contributed by atoms with Gasteiger partial charge in [-0.2, -0.15) is 0 Å². The van der Waals surface area contributed by atoms with Gasteiger partial charge in [0.15, 0.2) is 0 Å². The van der Waals surface area contributed by atoms with Crippen LogP contribution in [0.25, 0.3) is 43.1 Å². The molecule has 0 N–H and O–H groups in total. The predicted molar refractivity (Wildman–Crippen MR) is 174 cm³/mol. The first-order valence-electron chi connectivity index (χ1n) is 13.9. The van der Waals surface area contributed by atoms with E-state index in [1.165, 1.54) is 32.7 Å². The van der Waals surface area contributed by atoms with Crippen molar-refractivity contribution in [1.82, 2.24) is 0 Å². The van der Waals surface area contributed by atoms with E-state index in [1.807, 2.05) is 14.2 Å². The molecule has 0 fully saturated rings. The molecule has 1 aliphatic heterocycles. The van der Waals surface area contributed by atoms with Crippen molar-refractivity contribution in [2.24, 2.45) is 0 Å². The molecule has 0 unspecified atom stereocenters. The van der Waals surface area contributed by atoms with Crippen molar-refractivity contribution in [3.05, 3.63) is 168 Å². The van der Waals surface area contributed by atoms with Crippen molar-refractivity contribution in [2.75, 3.05) is 14.2 Å². The topological polar surface area (TPSA) is 18.5 Å². The molecule has 2 nitrogen and oxygen atoms in total. The van der Waals surface area contributed by atoms with Crippen LogP contribution >= 0.6 is 0 Å². The van der Waals surface area contributed by atoms with E-state index in [-0.39, 0.29) is 0 Å². The Balaban J connectivity index is 1.63. The van der Waals surface area contributed by atoms with Crippen LogP contribution in [-0.2, 0) is 8.85 Å². The number of fused-ring (bicyclic) bond motifs is 2. The van der Waals surface area contributed by atoms with Crippen molar-refractivity contribution in [3.8, 4) is 0 Å². The van der Waals surface area contributed by atoms with Crippen molar-refractivity contribution in [2.45, 2.75) is 0 Å². The summed E-state index contributed by atoms with van der Waals surface area (Å²) in [5.74, 6) is 0. The second-order valence-electron chi connectivity index (χ2n) is 10.4. The van der Waals surface area contributed by atoms with Gasteiger partial charge in [-0.15, -0.1) is 0 Å². The molecule has 0 aromatic heterocycles. The number of benzene rings is 6. The highest BCUT2D eigenvalue weighted by atomic mass is 28.4. The number of allylic oxidation sites excluding steroid dienone is 2. The van der Waals surface area contributed by atoms with Crippen molar-refractivity contribution < 1.29 is 8.85 Å². The Labute approximate surface area is 242 Å². The van der Waals surface area contributed by atoms with Crippen molar-refractivity contribution in [3.63, 3.8) is 0 Å². The highest BCUT2D eigenvalue weighted by Crippen LogP contribution is 2.56. The SMILES string of the molecule is CO[Si]1(OC)C(c2ccc3ccccc3c2)=C(c2ccccc2)C(c2ccccc2)=C1c1ccc2ccccc2c1. The van der Waals surface area contributed by atoms with Gasteiger partial charge in [-0.1, -0.05) is 133 Å². The number of hydrogen-bond acceptors (Lipinski definition) is 2. The highest BCUT2D eigenvalue weighted by Gasteiger charge is 2.54. The maximum absolute atomic E-state index is 6.71. The van der Waals surface area contributed by atoms with E-state index in [0.29, 0.717) is 0 Å². The third-order valence-electron chi connectivity index (χ3n) is 8.18. The van der Waals surface area contributed by atoms with E-state index < -0.39 is 8.56 Å². The molecule has 7 rings (SSSR count). The molecule has 0 radical (unpaired) electrons. The van der Waals surface area contributed by atoms with Gasteiger partial charge in [-0.3, -0.25) is 0 Å². The minimum absolute atomic E-state index is 1.13. The minimum atomic E-state index is -3.23. The highest BCUT2D eigenvalue weighted by molar-refractivity contribution is 7.06. The van der Waals surface area contributed by atoms with Gasteiger partial charge in [0.25, 0.3) is 0 Å². The molecule has 3 heteroatoms. The second kappa shape index (κ2) is 10.5. The Morgan fingerprint density at radius 2 is 0.732 bits per heavy atom. The Bertz CT molecular complexity index is 1810. The van der Waals surface area contributed by atoms with Gasteiger partial charge < -0.3 is 8.85 Å². The van der Waals surface area contributed by atoms with Gasteiger partial charge in [0.2, 0.25) is 0 Å². The summed E-state index contributed by atoms with van der Waals surface area (Å²) in [5.41, 5.74) is 6.90. The molecule has 0 atom stereocenters. The van der Waals surface area contributed by atoms with Crippen LogP contribution < -0.4 is 0 Å². The van der Waals surface area contributed by atoms with Gasteiger partial charge in [-0.25, -0.2) is 0 Å². The molecule has 198 valence electrons. The first-order valence-corrected chi connectivity index (χ1v) is 15.7. The molecule has 0 bridgehead atoms. The summed E-state index contributed by atoms with van der Waals surface area (Å²) >= 11 is 0. The lowest BCUT2D eigenvalue weighted by Crippen LogP contribution is -2.42. The zero-order valence-corrected chi connectivity index (χ0v) is 24.2. The molecular formula is C38H30O2Si. The standard InChI is InChI=1S/C38H30O2Si/c1-39-41(40-2)37(33-23-21-27-13-9-11-19-31(27)25-33)35(29-15-5-3-6-16-29)36(30-17-7-4-8-18-30)38(41)34-24-22-28-14-10-12-20-32(28)26-34/h3-26H,1-2H3.